The van der Waals surface area contributed by atoms with Gasteiger partial charge in [-0.25, -0.2) is 4.98 Å². The maximum absolute atomic E-state index is 11.4. The maximum Gasteiger partial charge on any atom is 0.223 e. The number of nitrogens with one attached hydrogen (secondary N) is 2. The van der Waals surface area contributed by atoms with Gasteiger partial charge in [-0.15, -0.1) is 0 Å². The molecule has 0 atom stereocenters. The minimum Gasteiger partial charge on any atom is -0.355 e. The molecule has 1 saturated carbocycles. The number of imidazole rings is 1. The van der Waals surface area contributed by atoms with Crippen molar-refractivity contribution >= 4 is 5.91 Å². The van der Waals surface area contributed by atoms with Gasteiger partial charge in [-0.2, -0.15) is 0 Å². The van der Waals surface area contributed by atoms with Crippen LogP contribution in [0, 0.1) is 5.92 Å². The fourth-order valence-electron chi connectivity index (χ4n) is 1.56. The Labute approximate surface area is 83.1 Å². The van der Waals surface area contributed by atoms with Gasteiger partial charge in [0.25, 0.3) is 0 Å². The van der Waals surface area contributed by atoms with Crippen molar-refractivity contribution < 1.29 is 4.79 Å². The zero-order chi connectivity index (χ0) is 9.80. The van der Waals surface area contributed by atoms with Crippen LogP contribution in [-0.4, -0.2) is 22.4 Å². The number of nitrogens with zero attached hydrogens (tertiary/aromatic N) is 1. The number of amides is 1. The highest BCUT2D eigenvalue weighted by molar-refractivity contribution is 5.79. The summed E-state index contributed by atoms with van der Waals surface area (Å²) in [5.41, 5.74) is 1.07. The molecule has 0 spiro atoms. The summed E-state index contributed by atoms with van der Waals surface area (Å²) >= 11 is 0. The zero-order valence-electron chi connectivity index (χ0n) is 8.12. The number of carbonyl (C=O) groups excluding carboxylic acids is 1. The Morgan fingerprint density at radius 1 is 1.64 bits per heavy atom. The van der Waals surface area contributed by atoms with Gasteiger partial charge in [0, 0.05) is 30.8 Å². The van der Waals surface area contributed by atoms with Crippen LogP contribution >= 0.6 is 0 Å². The number of hydrogen-bond acceptors (Lipinski definition) is 2. The summed E-state index contributed by atoms with van der Waals surface area (Å²) in [6, 6.07) is 0. The Balaban J connectivity index is 1.65. The molecular formula is C10H15N3O. The van der Waals surface area contributed by atoms with E-state index in [-0.39, 0.29) is 11.8 Å². The van der Waals surface area contributed by atoms with E-state index in [0.29, 0.717) is 6.54 Å². The van der Waals surface area contributed by atoms with E-state index in [0.717, 1.165) is 25.0 Å². The molecule has 4 heteroatoms. The summed E-state index contributed by atoms with van der Waals surface area (Å²) in [5, 5.41) is 2.94. The van der Waals surface area contributed by atoms with Gasteiger partial charge in [0.15, 0.2) is 0 Å². The first kappa shape index (κ1) is 9.24. The first-order chi connectivity index (χ1) is 6.86. The second kappa shape index (κ2) is 4.26. The molecule has 0 aliphatic heterocycles. The minimum absolute atomic E-state index is 0.218. The summed E-state index contributed by atoms with van der Waals surface area (Å²) < 4.78 is 0. The molecule has 1 fully saturated rings. The standard InChI is InChI=1S/C10H15N3O/c14-10(8-2-1-3-8)12-5-4-9-6-11-7-13-9/h6-8H,1-5H2,(H,11,13)(H,12,14). The van der Waals surface area contributed by atoms with Gasteiger partial charge in [-0.3, -0.25) is 4.79 Å². The first-order valence-corrected chi connectivity index (χ1v) is 5.11. The monoisotopic (exact) mass is 193 g/mol. The molecular weight excluding hydrogens is 178 g/mol. The average molecular weight is 193 g/mol. The van der Waals surface area contributed by atoms with Crippen molar-refractivity contribution in [2.24, 2.45) is 5.92 Å². The van der Waals surface area contributed by atoms with E-state index in [1.807, 2.05) is 0 Å². The molecule has 2 rings (SSSR count). The van der Waals surface area contributed by atoms with Gasteiger partial charge in [-0.1, -0.05) is 6.42 Å². The van der Waals surface area contributed by atoms with Crippen LogP contribution in [0.2, 0.25) is 0 Å². The van der Waals surface area contributed by atoms with Crippen LogP contribution in [0.4, 0.5) is 0 Å². The molecule has 0 aromatic carbocycles. The Kier molecular flexibility index (Phi) is 2.81. The summed E-state index contributed by atoms with van der Waals surface area (Å²) in [7, 11) is 0. The number of aromatic nitrogens is 2. The van der Waals surface area contributed by atoms with E-state index in [9.17, 15) is 4.79 Å². The van der Waals surface area contributed by atoms with Crippen molar-refractivity contribution in [2.75, 3.05) is 6.54 Å². The molecule has 76 valence electrons. The SMILES string of the molecule is O=C(NCCc1cnc[nH]1)C1CCC1. The summed E-state index contributed by atoms with van der Waals surface area (Å²) in [5.74, 6) is 0.507. The Morgan fingerprint density at radius 2 is 2.50 bits per heavy atom. The lowest BCUT2D eigenvalue weighted by atomic mass is 9.85. The Hall–Kier alpha value is -1.32. The Bertz CT molecular complexity index is 290. The zero-order valence-corrected chi connectivity index (χ0v) is 8.12. The smallest absolute Gasteiger partial charge is 0.223 e. The molecule has 0 saturated heterocycles. The lowest BCUT2D eigenvalue weighted by Gasteiger charge is -2.23. The minimum atomic E-state index is 0.218. The number of carbonyl (C=O) groups is 1. The highest BCUT2D eigenvalue weighted by Crippen LogP contribution is 2.25. The number of aromatic amines is 1. The van der Waals surface area contributed by atoms with Gasteiger partial charge in [-0.05, 0) is 12.8 Å². The van der Waals surface area contributed by atoms with Gasteiger partial charge in [0.2, 0.25) is 5.91 Å². The molecule has 1 amide bonds. The lowest BCUT2D eigenvalue weighted by Crippen LogP contribution is -2.35. The molecule has 14 heavy (non-hydrogen) atoms. The van der Waals surface area contributed by atoms with E-state index in [1.165, 1.54) is 6.42 Å². The molecule has 1 aromatic rings. The fourth-order valence-corrected chi connectivity index (χ4v) is 1.56. The van der Waals surface area contributed by atoms with Crippen LogP contribution in [0.25, 0.3) is 0 Å². The molecule has 0 bridgehead atoms. The molecule has 1 aliphatic carbocycles. The fraction of sp³-hybridized carbons (Fsp3) is 0.600. The van der Waals surface area contributed by atoms with Crippen LogP contribution < -0.4 is 5.32 Å². The van der Waals surface area contributed by atoms with E-state index in [4.69, 9.17) is 0 Å². The van der Waals surface area contributed by atoms with E-state index in [1.54, 1.807) is 12.5 Å². The predicted molar refractivity (Wildman–Crippen MR) is 52.6 cm³/mol. The molecule has 0 unspecified atom stereocenters. The molecule has 1 aromatic heterocycles. The van der Waals surface area contributed by atoms with E-state index < -0.39 is 0 Å². The van der Waals surface area contributed by atoms with Crippen molar-refractivity contribution in [3.8, 4) is 0 Å². The predicted octanol–water partition coefficient (Wildman–Crippen LogP) is 0.868. The van der Waals surface area contributed by atoms with Crippen molar-refractivity contribution in [1.82, 2.24) is 15.3 Å². The quantitative estimate of drug-likeness (QED) is 0.745. The second-order valence-electron chi connectivity index (χ2n) is 3.75. The highest BCUT2D eigenvalue weighted by Gasteiger charge is 2.24. The molecule has 0 radical (unpaired) electrons. The average Bonchev–Trinajstić information content (AvgIpc) is 2.53. The normalized spacial score (nSPS) is 16.3. The lowest BCUT2D eigenvalue weighted by molar-refractivity contribution is -0.127. The third kappa shape index (κ3) is 2.13. The van der Waals surface area contributed by atoms with Crippen molar-refractivity contribution in [2.45, 2.75) is 25.7 Å². The van der Waals surface area contributed by atoms with Gasteiger partial charge in [0.1, 0.15) is 0 Å². The third-order valence-electron chi connectivity index (χ3n) is 2.72. The Morgan fingerprint density at radius 3 is 3.07 bits per heavy atom. The maximum atomic E-state index is 11.4. The van der Waals surface area contributed by atoms with Crippen molar-refractivity contribution in [3.63, 3.8) is 0 Å². The number of hydrogen-bond donors (Lipinski definition) is 2. The van der Waals surface area contributed by atoms with Gasteiger partial charge < -0.3 is 10.3 Å². The van der Waals surface area contributed by atoms with Crippen molar-refractivity contribution in [1.29, 1.82) is 0 Å². The van der Waals surface area contributed by atoms with Crippen molar-refractivity contribution in [3.05, 3.63) is 18.2 Å². The van der Waals surface area contributed by atoms with E-state index in [2.05, 4.69) is 15.3 Å². The second-order valence-corrected chi connectivity index (χ2v) is 3.75. The number of H-pyrrole nitrogens is 1. The van der Waals surface area contributed by atoms with Crippen LogP contribution in [-0.2, 0) is 11.2 Å². The molecule has 2 N–H and O–H groups in total. The highest BCUT2D eigenvalue weighted by atomic mass is 16.1. The van der Waals surface area contributed by atoms with Crippen LogP contribution in [0.5, 0.6) is 0 Å². The molecule has 1 heterocycles. The van der Waals surface area contributed by atoms with Crippen LogP contribution in [0.3, 0.4) is 0 Å². The summed E-state index contributed by atoms with van der Waals surface area (Å²) in [6.45, 7) is 0.706. The topological polar surface area (TPSA) is 57.8 Å². The first-order valence-electron chi connectivity index (χ1n) is 5.11. The van der Waals surface area contributed by atoms with E-state index >= 15 is 0 Å². The molecule has 4 nitrogen and oxygen atoms in total. The summed E-state index contributed by atoms with van der Waals surface area (Å²) in [6.07, 6.45) is 7.61. The van der Waals surface area contributed by atoms with Gasteiger partial charge >= 0.3 is 0 Å². The van der Waals surface area contributed by atoms with Crippen LogP contribution in [0.1, 0.15) is 25.0 Å². The summed E-state index contributed by atoms with van der Waals surface area (Å²) in [4.78, 5) is 18.3. The molecule has 1 aliphatic rings. The number of rotatable bonds is 4. The largest absolute Gasteiger partial charge is 0.355 e. The van der Waals surface area contributed by atoms with Crippen LogP contribution in [0.15, 0.2) is 12.5 Å². The van der Waals surface area contributed by atoms with Gasteiger partial charge in [0.05, 0.1) is 6.33 Å². The third-order valence-corrected chi connectivity index (χ3v) is 2.72.